The van der Waals surface area contributed by atoms with Crippen LogP contribution in [0, 0.1) is 11.7 Å². The average molecular weight is 554 g/mol. The lowest BCUT2D eigenvalue weighted by Crippen LogP contribution is -2.43. The Labute approximate surface area is 217 Å². The van der Waals surface area contributed by atoms with Gasteiger partial charge in [-0.25, -0.2) is 21.2 Å². The number of nitrogens with one attached hydrogen (secondary N) is 1. The molecular formula is C25H32FN3O6S2. The molecule has 1 amide bonds. The SMILES string of the molecule is O=C(NCCOc1ccc(S(=O)(=O)N2CCCCC2)cc1)C1CCN(S(=O)(=O)c2ccc(F)cc2)CC1. The number of hydrogen-bond acceptors (Lipinski definition) is 6. The number of piperidine rings is 2. The van der Waals surface area contributed by atoms with Gasteiger partial charge in [0.15, 0.2) is 0 Å². The lowest BCUT2D eigenvalue weighted by atomic mass is 9.97. The zero-order valence-electron chi connectivity index (χ0n) is 20.5. The monoisotopic (exact) mass is 553 g/mol. The van der Waals surface area contributed by atoms with Gasteiger partial charge in [-0.3, -0.25) is 4.79 Å². The van der Waals surface area contributed by atoms with E-state index in [2.05, 4.69) is 5.32 Å². The van der Waals surface area contributed by atoms with Crippen molar-refractivity contribution in [2.45, 2.75) is 41.9 Å². The van der Waals surface area contributed by atoms with Crippen LogP contribution in [0.2, 0.25) is 0 Å². The summed E-state index contributed by atoms with van der Waals surface area (Å²) in [6.07, 6.45) is 3.58. The maximum Gasteiger partial charge on any atom is 0.243 e. The normalized spacial score (nSPS) is 18.4. The predicted octanol–water partition coefficient (Wildman–Crippen LogP) is 2.60. The molecule has 0 atom stereocenters. The number of carbonyl (C=O) groups excluding carboxylic acids is 1. The van der Waals surface area contributed by atoms with E-state index in [-0.39, 0.29) is 47.9 Å². The van der Waals surface area contributed by atoms with Crippen LogP contribution in [0.15, 0.2) is 58.3 Å². The Bertz CT molecular complexity index is 1270. The summed E-state index contributed by atoms with van der Waals surface area (Å²) in [7, 11) is -7.22. The van der Waals surface area contributed by atoms with E-state index in [1.807, 2.05) is 0 Å². The highest BCUT2D eigenvalue weighted by atomic mass is 32.2. The van der Waals surface area contributed by atoms with E-state index in [9.17, 15) is 26.0 Å². The van der Waals surface area contributed by atoms with Gasteiger partial charge < -0.3 is 10.1 Å². The van der Waals surface area contributed by atoms with Gasteiger partial charge in [0.25, 0.3) is 0 Å². The average Bonchev–Trinajstić information content (AvgIpc) is 2.92. The second-order valence-corrected chi connectivity index (χ2v) is 13.1. The van der Waals surface area contributed by atoms with Crippen molar-refractivity contribution < 1.29 is 30.8 Å². The number of carbonyl (C=O) groups is 1. The third-order valence-electron chi connectivity index (χ3n) is 6.72. The van der Waals surface area contributed by atoms with Crippen molar-refractivity contribution in [1.82, 2.24) is 13.9 Å². The second-order valence-electron chi connectivity index (χ2n) is 9.21. The minimum atomic E-state index is -3.72. The summed E-state index contributed by atoms with van der Waals surface area (Å²) in [6, 6.07) is 11.0. The molecule has 202 valence electrons. The zero-order chi connectivity index (χ0) is 26.5. The Morgan fingerprint density at radius 3 is 1.89 bits per heavy atom. The van der Waals surface area contributed by atoms with Crippen molar-refractivity contribution in [3.05, 3.63) is 54.3 Å². The molecule has 0 bridgehead atoms. The topological polar surface area (TPSA) is 113 Å². The predicted molar refractivity (Wildman–Crippen MR) is 135 cm³/mol. The summed E-state index contributed by atoms with van der Waals surface area (Å²) >= 11 is 0. The van der Waals surface area contributed by atoms with Crippen LogP contribution in [0.1, 0.15) is 32.1 Å². The first-order valence-corrected chi connectivity index (χ1v) is 15.3. The number of nitrogens with zero attached hydrogens (tertiary/aromatic N) is 2. The van der Waals surface area contributed by atoms with Gasteiger partial charge in [-0.15, -0.1) is 0 Å². The maximum atomic E-state index is 13.1. The van der Waals surface area contributed by atoms with Gasteiger partial charge >= 0.3 is 0 Å². The van der Waals surface area contributed by atoms with E-state index >= 15 is 0 Å². The fourth-order valence-corrected chi connectivity index (χ4v) is 7.55. The molecule has 2 heterocycles. The van der Waals surface area contributed by atoms with Crippen LogP contribution in [0.3, 0.4) is 0 Å². The van der Waals surface area contributed by atoms with E-state index < -0.39 is 25.9 Å². The molecule has 37 heavy (non-hydrogen) atoms. The number of sulfonamides is 2. The van der Waals surface area contributed by atoms with Crippen LogP contribution in [0.25, 0.3) is 0 Å². The quantitative estimate of drug-likeness (QED) is 0.478. The van der Waals surface area contributed by atoms with Gasteiger partial charge in [0.05, 0.1) is 16.3 Å². The number of ether oxygens (including phenoxy) is 1. The fraction of sp³-hybridized carbons (Fsp3) is 0.480. The highest BCUT2D eigenvalue weighted by Crippen LogP contribution is 2.25. The molecule has 0 aromatic heterocycles. The molecule has 2 fully saturated rings. The highest BCUT2D eigenvalue weighted by Gasteiger charge is 2.32. The Morgan fingerprint density at radius 1 is 0.811 bits per heavy atom. The third kappa shape index (κ3) is 6.67. The van der Waals surface area contributed by atoms with Crippen molar-refractivity contribution in [3.63, 3.8) is 0 Å². The van der Waals surface area contributed by atoms with Gasteiger partial charge in [0.2, 0.25) is 26.0 Å². The first kappa shape index (κ1) is 27.5. The molecule has 0 aliphatic carbocycles. The smallest absolute Gasteiger partial charge is 0.243 e. The Morgan fingerprint density at radius 2 is 1.32 bits per heavy atom. The third-order valence-corrected chi connectivity index (χ3v) is 10.5. The molecule has 1 N–H and O–H groups in total. The van der Waals surface area contributed by atoms with E-state index in [4.69, 9.17) is 4.74 Å². The molecule has 2 saturated heterocycles. The molecule has 2 aliphatic rings. The van der Waals surface area contributed by atoms with Gasteiger partial charge in [-0.05, 0) is 74.2 Å². The maximum absolute atomic E-state index is 13.1. The highest BCUT2D eigenvalue weighted by molar-refractivity contribution is 7.89. The molecule has 2 aliphatic heterocycles. The van der Waals surface area contributed by atoms with Crippen LogP contribution in [0.4, 0.5) is 4.39 Å². The van der Waals surface area contributed by atoms with E-state index in [1.165, 1.54) is 32.9 Å². The molecule has 0 spiro atoms. The molecule has 4 rings (SSSR count). The summed E-state index contributed by atoms with van der Waals surface area (Å²) < 4.78 is 72.5. The summed E-state index contributed by atoms with van der Waals surface area (Å²) in [5.74, 6) is -0.466. The lowest BCUT2D eigenvalue weighted by Gasteiger charge is -2.30. The summed E-state index contributed by atoms with van der Waals surface area (Å²) in [4.78, 5) is 12.8. The molecule has 2 aromatic rings. The van der Waals surface area contributed by atoms with Gasteiger partial charge in [0.1, 0.15) is 18.2 Å². The molecule has 12 heteroatoms. The summed E-state index contributed by atoms with van der Waals surface area (Å²) in [6.45, 7) is 1.98. The lowest BCUT2D eigenvalue weighted by molar-refractivity contribution is -0.126. The summed E-state index contributed by atoms with van der Waals surface area (Å²) in [5, 5.41) is 2.82. The Balaban J connectivity index is 1.19. The number of hydrogen-bond donors (Lipinski definition) is 1. The number of amides is 1. The van der Waals surface area contributed by atoms with Crippen LogP contribution >= 0.6 is 0 Å². The molecule has 9 nitrogen and oxygen atoms in total. The van der Waals surface area contributed by atoms with E-state index in [0.29, 0.717) is 31.7 Å². The van der Waals surface area contributed by atoms with Crippen molar-refractivity contribution >= 4 is 26.0 Å². The van der Waals surface area contributed by atoms with Crippen molar-refractivity contribution in [1.29, 1.82) is 0 Å². The van der Waals surface area contributed by atoms with Crippen LogP contribution in [0.5, 0.6) is 5.75 Å². The van der Waals surface area contributed by atoms with E-state index in [1.54, 1.807) is 12.1 Å². The Kier molecular flexibility index (Phi) is 8.83. The Hall–Kier alpha value is -2.54. The largest absolute Gasteiger partial charge is 0.492 e. The molecule has 0 saturated carbocycles. The number of rotatable bonds is 9. The second kappa shape index (κ2) is 11.9. The minimum Gasteiger partial charge on any atom is -0.492 e. The van der Waals surface area contributed by atoms with E-state index in [0.717, 1.165) is 31.4 Å². The van der Waals surface area contributed by atoms with Crippen molar-refractivity contribution in [3.8, 4) is 5.75 Å². The zero-order valence-corrected chi connectivity index (χ0v) is 22.1. The molecular weight excluding hydrogens is 521 g/mol. The standard InChI is InChI=1S/C25H32FN3O6S2/c26-21-4-8-23(9-5-21)37(33,34)29-17-12-20(13-18-29)25(30)27-14-19-35-22-6-10-24(11-7-22)36(31,32)28-15-2-1-3-16-28/h4-11,20H,1-3,12-19H2,(H,27,30). The van der Waals surface area contributed by atoms with Crippen LogP contribution in [-0.2, 0) is 24.8 Å². The number of halogens is 1. The van der Waals surface area contributed by atoms with Crippen molar-refractivity contribution in [2.24, 2.45) is 5.92 Å². The fourth-order valence-electron chi connectivity index (χ4n) is 4.56. The van der Waals surface area contributed by atoms with Gasteiger partial charge in [0, 0.05) is 32.1 Å². The summed E-state index contributed by atoms with van der Waals surface area (Å²) in [5.41, 5.74) is 0. The van der Waals surface area contributed by atoms with Crippen LogP contribution < -0.4 is 10.1 Å². The number of benzene rings is 2. The van der Waals surface area contributed by atoms with Crippen LogP contribution in [-0.4, -0.2) is 70.7 Å². The molecule has 0 radical (unpaired) electrons. The minimum absolute atomic E-state index is 0.0334. The molecule has 0 unspecified atom stereocenters. The molecule has 2 aromatic carbocycles. The first-order chi connectivity index (χ1) is 17.7. The van der Waals surface area contributed by atoms with Gasteiger partial charge in [-0.2, -0.15) is 8.61 Å². The van der Waals surface area contributed by atoms with Crippen molar-refractivity contribution in [2.75, 3.05) is 39.3 Å². The van der Waals surface area contributed by atoms with Gasteiger partial charge in [-0.1, -0.05) is 6.42 Å². The first-order valence-electron chi connectivity index (χ1n) is 12.4.